The number of aromatic nitrogens is 2. The summed E-state index contributed by atoms with van der Waals surface area (Å²) in [5.74, 6) is 0.588. The molecule has 1 aromatic heterocycles. The highest BCUT2D eigenvalue weighted by atomic mass is 16.3. The van der Waals surface area contributed by atoms with E-state index in [1.54, 1.807) is 10.7 Å². The Morgan fingerprint density at radius 2 is 1.82 bits per heavy atom. The molecule has 0 amide bonds. The fraction of sp³-hybridized carbons (Fsp3) is 0.765. The Balaban J connectivity index is 1.38. The quantitative estimate of drug-likeness (QED) is 0.889. The molecule has 22 heavy (non-hydrogen) atoms. The summed E-state index contributed by atoms with van der Waals surface area (Å²) in [5.41, 5.74) is 1.13. The predicted molar refractivity (Wildman–Crippen MR) is 83.9 cm³/mol. The van der Waals surface area contributed by atoms with Gasteiger partial charge in [-0.3, -0.25) is 4.79 Å². The summed E-state index contributed by atoms with van der Waals surface area (Å²) in [6, 6.07) is 4.62. The Hall–Kier alpha value is -1.20. The molecular weight excluding hydrogens is 278 g/mol. The van der Waals surface area contributed by atoms with E-state index in [1.165, 1.54) is 12.8 Å². The largest absolute Gasteiger partial charge is 0.392 e. The molecule has 120 valence electrons. The van der Waals surface area contributed by atoms with Crippen LogP contribution in [0.5, 0.6) is 0 Å². The van der Waals surface area contributed by atoms with Crippen molar-refractivity contribution in [1.29, 1.82) is 0 Å². The van der Waals surface area contributed by atoms with E-state index < -0.39 is 0 Å². The van der Waals surface area contributed by atoms with E-state index in [4.69, 9.17) is 0 Å². The van der Waals surface area contributed by atoms with Crippen LogP contribution in [-0.2, 0) is 0 Å². The average molecular weight is 303 g/mol. The molecule has 1 heterocycles. The van der Waals surface area contributed by atoms with E-state index in [9.17, 15) is 9.90 Å². The summed E-state index contributed by atoms with van der Waals surface area (Å²) in [7, 11) is 0. The third-order valence-corrected chi connectivity index (χ3v) is 5.57. The van der Waals surface area contributed by atoms with Crippen molar-refractivity contribution in [3.05, 3.63) is 28.2 Å². The van der Waals surface area contributed by atoms with E-state index in [0.717, 1.165) is 44.2 Å². The second kappa shape index (κ2) is 5.78. The number of aliphatic hydroxyl groups excluding tert-OH is 1. The van der Waals surface area contributed by atoms with Crippen LogP contribution in [0.25, 0.3) is 0 Å². The predicted octanol–water partition coefficient (Wildman–Crippen LogP) is 1.72. The van der Waals surface area contributed by atoms with E-state index in [-0.39, 0.29) is 17.7 Å². The van der Waals surface area contributed by atoms with E-state index in [0.29, 0.717) is 18.0 Å². The van der Waals surface area contributed by atoms with Gasteiger partial charge >= 0.3 is 0 Å². The van der Waals surface area contributed by atoms with Crippen LogP contribution >= 0.6 is 0 Å². The van der Waals surface area contributed by atoms with Crippen LogP contribution in [0.3, 0.4) is 0 Å². The molecule has 3 saturated carbocycles. The zero-order valence-electron chi connectivity index (χ0n) is 12.9. The zero-order chi connectivity index (χ0) is 15.1. The molecule has 1 aromatic rings. The maximum Gasteiger partial charge on any atom is 0.267 e. The smallest absolute Gasteiger partial charge is 0.267 e. The van der Waals surface area contributed by atoms with Crippen molar-refractivity contribution in [2.24, 2.45) is 0 Å². The minimum Gasteiger partial charge on any atom is -0.392 e. The third kappa shape index (κ3) is 2.84. The van der Waals surface area contributed by atoms with Crippen molar-refractivity contribution in [2.75, 3.05) is 0 Å². The molecule has 2 atom stereocenters. The molecule has 0 bridgehead atoms. The molecular formula is C17H25N3O2. The Bertz CT molecular complexity index is 588. The minimum atomic E-state index is -0.155. The van der Waals surface area contributed by atoms with Crippen LogP contribution in [0, 0.1) is 0 Å². The van der Waals surface area contributed by atoms with Gasteiger partial charge in [0.05, 0.1) is 17.8 Å². The summed E-state index contributed by atoms with van der Waals surface area (Å²) in [6.45, 7) is 0. The molecule has 3 fully saturated rings. The van der Waals surface area contributed by atoms with Gasteiger partial charge in [-0.05, 0) is 57.4 Å². The molecule has 4 rings (SSSR count). The van der Waals surface area contributed by atoms with Crippen molar-refractivity contribution in [3.8, 4) is 0 Å². The Labute approximate surface area is 130 Å². The van der Waals surface area contributed by atoms with Crippen LogP contribution in [0.15, 0.2) is 16.9 Å². The van der Waals surface area contributed by atoms with Crippen LogP contribution in [0.2, 0.25) is 0 Å². The Morgan fingerprint density at radius 1 is 1.05 bits per heavy atom. The van der Waals surface area contributed by atoms with E-state index >= 15 is 0 Å². The van der Waals surface area contributed by atoms with Crippen molar-refractivity contribution >= 4 is 0 Å². The summed E-state index contributed by atoms with van der Waals surface area (Å²) in [5, 5.41) is 17.9. The first kappa shape index (κ1) is 14.4. The van der Waals surface area contributed by atoms with Crippen molar-refractivity contribution in [2.45, 2.75) is 81.5 Å². The number of nitrogens with one attached hydrogen (secondary N) is 1. The maximum atomic E-state index is 12.1. The van der Waals surface area contributed by atoms with Gasteiger partial charge in [-0.15, -0.1) is 0 Å². The van der Waals surface area contributed by atoms with Gasteiger partial charge in [0.1, 0.15) is 0 Å². The monoisotopic (exact) mass is 303 g/mol. The van der Waals surface area contributed by atoms with Gasteiger partial charge in [-0.2, -0.15) is 5.10 Å². The summed E-state index contributed by atoms with van der Waals surface area (Å²) >= 11 is 0. The second-order valence-electron chi connectivity index (χ2n) is 7.24. The van der Waals surface area contributed by atoms with Crippen molar-refractivity contribution in [3.63, 3.8) is 0 Å². The number of aliphatic hydroxyl groups is 1. The zero-order valence-corrected chi connectivity index (χ0v) is 12.9. The lowest BCUT2D eigenvalue weighted by Crippen LogP contribution is -2.52. The third-order valence-electron chi connectivity index (χ3n) is 5.57. The lowest BCUT2D eigenvalue weighted by atomic mass is 9.85. The normalized spacial score (nSPS) is 35.1. The Morgan fingerprint density at radius 3 is 2.41 bits per heavy atom. The molecule has 5 nitrogen and oxygen atoms in total. The standard InChI is InChI=1S/C17H25N3O2/c21-16-9-7-15(16)18-12-3-5-13(6-4-12)20-17(22)10-8-14(19-20)11-1-2-11/h8,10-13,15-16,18,21H,1-7,9H2. The summed E-state index contributed by atoms with van der Waals surface area (Å²) in [6.07, 6.45) is 8.43. The average Bonchev–Trinajstić information content (AvgIpc) is 3.37. The van der Waals surface area contributed by atoms with Crippen molar-refractivity contribution in [1.82, 2.24) is 15.1 Å². The molecule has 5 heteroatoms. The number of hydrogen-bond acceptors (Lipinski definition) is 4. The van der Waals surface area contributed by atoms with Gasteiger partial charge < -0.3 is 10.4 Å². The lowest BCUT2D eigenvalue weighted by Gasteiger charge is -2.38. The van der Waals surface area contributed by atoms with Crippen LogP contribution in [0.1, 0.15) is 69.0 Å². The molecule has 3 aliphatic rings. The lowest BCUT2D eigenvalue weighted by molar-refractivity contribution is 0.0397. The molecule has 0 aromatic carbocycles. The number of rotatable bonds is 4. The molecule has 2 N–H and O–H groups in total. The van der Waals surface area contributed by atoms with E-state index in [1.807, 2.05) is 6.07 Å². The number of nitrogens with zero attached hydrogens (tertiary/aromatic N) is 2. The molecule has 2 unspecified atom stereocenters. The van der Waals surface area contributed by atoms with Gasteiger partial charge in [-0.25, -0.2) is 4.68 Å². The van der Waals surface area contributed by atoms with Gasteiger partial charge in [-0.1, -0.05) is 0 Å². The highest BCUT2D eigenvalue weighted by Crippen LogP contribution is 2.38. The molecule has 0 aliphatic heterocycles. The van der Waals surface area contributed by atoms with Crippen molar-refractivity contribution < 1.29 is 5.11 Å². The fourth-order valence-corrected chi connectivity index (χ4v) is 3.77. The van der Waals surface area contributed by atoms with Crippen LogP contribution < -0.4 is 10.9 Å². The first-order valence-electron chi connectivity index (χ1n) is 8.74. The SMILES string of the molecule is O=c1ccc(C2CC2)nn1C1CCC(NC2CCC2O)CC1. The van der Waals surface area contributed by atoms with Crippen LogP contribution in [0.4, 0.5) is 0 Å². The number of hydrogen-bond donors (Lipinski definition) is 2. The topological polar surface area (TPSA) is 67.2 Å². The molecule has 3 aliphatic carbocycles. The van der Waals surface area contributed by atoms with Gasteiger partial charge in [0.15, 0.2) is 0 Å². The first-order valence-corrected chi connectivity index (χ1v) is 8.74. The Kier molecular flexibility index (Phi) is 3.78. The molecule has 0 radical (unpaired) electrons. The van der Waals surface area contributed by atoms with E-state index in [2.05, 4.69) is 10.4 Å². The summed E-state index contributed by atoms with van der Waals surface area (Å²) < 4.78 is 1.74. The molecule has 0 spiro atoms. The second-order valence-corrected chi connectivity index (χ2v) is 7.24. The highest BCUT2D eigenvalue weighted by molar-refractivity contribution is 5.13. The first-order chi connectivity index (χ1) is 10.7. The van der Waals surface area contributed by atoms with Gasteiger partial charge in [0.2, 0.25) is 0 Å². The fourth-order valence-electron chi connectivity index (χ4n) is 3.77. The molecule has 0 saturated heterocycles. The van der Waals surface area contributed by atoms with Gasteiger partial charge in [0.25, 0.3) is 5.56 Å². The van der Waals surface area contributed by atoms with Gasteiger partial charge in [0, 0.05) is 24.1 Å². The minimum absolute atomic E-state index is 0.0372. The van der Waals surface area contributed by atoms with Crippen LogP contribution in [-0.4, -0.2) is 33.1 Å². The maximum absolute atomic E-state index is 12.1. The summed E-state index contributed by atoms with van der Waals surface area (Å²) in [4.78, 5) is 12.1. The highest BCUT2D eigenvalue weighted by Gasteiger charge is 2.33.